The number of halogens is 2. The first kappa shape index (κ1) is 21.0. The first-order valence-corrected chi connectivity index (χ1v) is 10.2. The van der Waals surface area contributed by atoms with E-state index in [2.05, 4.69) is 5.32 Å². The molecule has 0 atom stereocenters. The maximum Gasteiger partial charge on any atom is 0.282 e. The Labute approximate surface area is 189 Å². The third-order valence-corrected chi connectivity index (χ3v) is 5.50. The van der Waals surface area contributed by atoms with Crippen molar-refractivity contribution in [3.63, 3.8) is 0 Å². The molecule has 1 aliphatic rings. The quantitative estimate of drug-likeness (QED) is 0.503. The van der Waals surface area contributed by atoms with Crippen LogP contribution in [0.4, 0.5) is 11.4 Å². The van der Waals surface area contributed by atoms with Gasteiger partial charge in [0.1, 0.15) is 11.4 Å². The van der Waals surface area contributed by atoms with E-state index in [-0.39, 0.29) is 11.3 Å². The van der Waals surface area contributed by atoms with Gasteiger partial charge in [-0.1, -0.05) is 53.5 Å². The first-order chi connectivity index (χ1) is 14.9. The van der Waals surface area contributed by atoms with Crippen LogP contribution in [0.5, 0.6) is 5.75 Å². The van der Waals surface area contributed by atoms with Crippen LogP contribution in [0.1, 0.15) is 11.1 Å². The van der Waals surface area contributed by atoms with E-state index in [1.807, 2.05) is 18.2 Å². The fraction of sp³-hybridized carbons (Fsp3) is 0.0833. The van der Waals surface area contributed by atoms with E-state index >= 15 is 0 Å². The molecule has 0 aliphatic carbocycles. The lowest BCUT2D eigenvalue weighted by molar-refractivity contribution is -0.120. The van der Waals surface area contributed by atoms with Gasteiger partial charge in [0.15, 0.2) is 0 Å². The minimum absolute atomic E-state index is 0.173. The summed E-state index contributed by atoms with van der Waals surface area (Å²) in [6.07, 6.45) is 0. The van der Waals surface area contributed by atoms with Crippen LogP contribution in [-0.4, -0.2) is 18.9 Å². The predicted molar refractivity (Wildman–Crippen MR) is 124 cm³/mol. The van der Waals surface area contributed by atoms with Gasteiger partial charge in [0.2, 0.25) is 0 Å². The van der Waals surface area contributed by atoms with Crippen LogP contribution in [0.25, 0.3) is 5.57 Å². The molecule has 0 fully saturated rings. The van der Waals surface area contributed by atoms with Gasteiger partial charge in [-0.2, -0.15) is 0 Å². The van der Waals surface area contributed by atoms with E-state index in [1.165, 1.54) is 12.0 Å². The molecule has 0 bridgehead atoms. The van der Waals surface area contributed by atoms with E-state index in [0.29, 0.717) is 32.7 Å². The maximum atomic E-state index is 13.5. The topological polar surface area (TPSA) is 58.6 Å². The highest BCUT2D eigenvalue weighted by atomic mass is 35.5. The van der Waals surface area contributed by atoms with Gasteiger partial charge in [0.25, 0.3) is 11.8 Å². The third kappa shape index (κ3) is 3.90. The molecule has 2 amide bonds. The average Bonchev–Trinajstić information content (AvgIpc) is 2.99. The number of nitrogens with zero attached hydrogens (tertiary/aromatic N) is 1. The average molecular weight is 453 g/mol. The molecule has 0 spiro atoms. The van der Waals surface area contributed by atoms with Gasteiger partial charge in [0, 0.05) is 10.7 Å². The van der Waals surface area contributed by atoms with Gasteiger partial charge in [-0.15, -0.1) is 0 Å². The van der Waals surface area contributed by atoms with Crippen LogP contribution in [0.2, 0.25) is 10.0 Å². The minimum Gasteiger partial charge on any atom is -0.495 e. The van der Waals surface area contributed by atoms with Crippen molar-refractivity contribution in [2.75, 3.05) is 17.3 Å². The lowest BCUT2D eigenvalue weighted by atomic mass is 10.0. The Bertz CT molecular complexity index is 1220. The molecule has 4 rings (SSSR count). The van der Waals surface area contributed by atoms with Crippen LogP contribution in [0.15, 0.2) is 72.4 Å². The minimum atomic E-state index is -0.457. The summed E-state index contributed by atoms with van der Waals surface area (Å²) in [4.78, 5) is 28.1. The number of aryl methyl sites for hydroxylation is 1. The molecule has 0 unspecified atom stereocenters. The van der Waals surface area contributed by atoms with E-state index < -0.39 is 11.8 Å². The monoisotopic (exact) mass is 452 g/mol. The number of hydrogen-bond acceptors (Lipinski definition) is 4. The highest BCUT2D eigenvalue weighted by Crippen LogP contribution is 2.36. The lowest BCUT2D eigenvalue weighted by Crippen LogP contribution is -2.33. The summed E-state index contributed by atoms with van der Waals surface area (Å²) in [5.41, 5.74) is 2.86. The number of nitrogens with one attached hydrogen (secondary N) is 1. The Hall–Kier alpha value is -3.28. The Morgan fingerprint density at radius 1 is 0.903 bits per heavy atom. The predicted octanol–water partition coefficient (Wildman–Crippen LogP) is 5.71. The third-order valence-electron chi connectivity index (χ3n) is 4.97. The van der Waals surface area contributed by atoms with Crippen molar-refractivity contribution < 1.29 is 14.3 Å². The lowest BCUT2D eigenvalue weighted by Gasteiger charge is -2.18. The van der Waals surface area contributed by atoms with Crippen molar-refractivity contribution >= 4 is 52.0 Å². The fourth-order valence-corrected chi connectivity index (χ4v) is 3.98. The molecule has 7 heteroatoms. The zero-order valence-electron chi connectivity index (χ0n) is 16.8. The van der Waals surface area contributed by atoms with E-state index in [4.69, 9.17) is 27.9 Å². The van der Waals surface area contributed by atoms with Crippen LogP contribution >= 0.6 is 23.2 Å². The summed E-state index contributed by atoms with van der Waals surface area (Å²) in [5.74, 6) is -0.360. The standard InChI is InChI=1S/C24H18Cl2N2O3/c1-14-12-16(25)8-10-19(14)28-23(29)21(15-6-4-3-5-7-15)22(24(28)30)27-17-9-11-20(31-2)18(26)13-17/h3-13,27H,1-2H3. The second-order valence-electron chi connectivity index (χ2n) is 6.97. The molecule has 5 nitrogen and oxygen atoms in total. The second kappa shape index (κ2) is 8.46. The Balaban J connectivity index is 1.82. The second-order valence-corrected chi connectivity index (χ2v) is 7.81. The Morgan fingerprint density at radius 2 is 1.65 bits per heavy atom. The molecule has 3 aromatic carbocycles. The van der Waals surface area contributed by atoms with Crippen molar-refractivity contribution in [3.8, 4) is 5.75 Å². The number of carbonyl (C=O) groups excluding carboxylic acids is 2. The Morgan fingerprint density at radius 3 is 2.29 bits per heavy atom. The molecule has 0 radical (unpaired) electrons. The van der Waals surface area contributed by atoms with Gasteiger partial charge < -0.3 is 10.1 Å². The molecule has 0 saturated heterocycles. The van der Waals surface area contributed by atoms with Crippen molar-refractivity contribution in [3.05, 3.63) is 93.6 Å². The number of methoxy groups -OCH3 is 1. The summed E-state index contributed by atoms with van der Waals surface area (Å²) in [5, 5.41) is 4.01. The number of imide groups is 1. The summed E-state index contributed by atoms with van der Waals surface area (Å²) in [6, 6.07) is 19.2. The zero-order valence-corrected chi connectivity index (χ0v) is 18.3. The molecule has 3 aromatic rings. The first-order valence-electron chi connectivity index (χ1n) is 9.46. The molecular formula is C24H18Cl2N2O3. The fourth-order valence-electron chi connectivity index (χ4n) is 3.50. The SMILES string of the molecule is COc1ccc(NC2=C(c3ccccc3)C(=O)N(c3ccc(Cl)cc3C)C2=O)cc1Cl. The molecule has 1 heterocycles. The van der Waals surface area contributed by atoms with E-state index in [1.54, 1.807) is 55.5 Å². The van der Waals surface area contributed by atoms with Gasteiger partial charge in [-0.05, 0) is 54.4 Å². The number of anilines is 2. The van der Waals surface area contributed by atoms with E-state index in [0.717, 1.165) is 5.56 Å². The number of carbonyl (C=O) groups is 2. The molecule has 31 heavy (non-hydrogen) atoms. The van der Waals surface area contributed by atoms with Gasteiger partial charge >= 0.3 is 0 Å². The zero-order chi connectivity index (χ0) is 22.1. The number of amides is 2. The largest absolute Gasteiger partial charge is 0.495 e. The molecule has 1 aliphatic heterocycles. The highest BCUT2D eigenvalue weighted by Gasteiger charge is 2.40. The Kier molecular flexibility index (Phi) is 5.72. The van der Waals surface area contributed by atoms with E-state index in [9.17, 15) is 9.59 Å². The number of rotatable bonds is 5. The number of ether oxygens (including phenoxy) is 1. The van der Waals surface area contributed by atoms with Crippen molar-refractivity contribution in [1.29, 1.82) is 0 Å². The normalized spacial score (nSPS) is 13.7. The maximum absolute atomic E-state index is 13.5. The van der Waals surface area contributed by atoms with Crippen LogP contribution in [0, 0.1) is 6.92 Å². The molecule has 0 saturated carbocycles. The summed E-state index contributed by atoms with van der Waals surface area (Å²) in [6.45, 7) is 1.80. The molecule has 156 valence electrons. The van der Waals surface area contributed by atoms with Crippen molar-refractivity contribution in [1.82, 2.24) is 0 Å². The van der Waals surface area contributed by atoms with Crippen molar-refractivity contribution in [2.24, 2.45) is 0 Å². The van der Waals surface area contributed by atoms with Crippen LogP contribution in [-0.2, 0) is 9.59 Å². The molecular weight excluding hydrogens is 435 g/mol. The van der Waals surface area contributed by atoms with Gasteiger partial charge in [0.05, 0.1) is 23.4 Å². The smallest absolute Gasteiger partial charge is 0.282 e. The number of benzene rings is 3. The summed E-state index contributed by atoms with van der Waals surface area (Å²) >= 11 is 12.3. The van der Waals surface area contributed by atoms with Gasteiger partial charge in [-0.3, -0.25) is 9.59 Å². The highest BCUT2D eigenvalue weighted by molar-refractivity contribution is 6.46. The van der Waals surface area contributed by atoms with Crippen molar-refractivity contribution in [2.45, 2.75) is 6.92 Å². The van der Waals surface area contributed by atoms with Crippen LogP contribution < -0.4 is 15.0 Å². The van der Waals surface area contributed by atoms with Gasteiger partial charge in [-0.25, -0.2) is 4.90 Å². The number of hydrogen-bond donors (Lipinski definition) is 1. The van der Waals surface area contributed by atoms with Crippen LogP contribution in [0.3, 0.4) is 0 Å². The summed E-state index contributed by atoms with van der Waals surface area (Å²) in [7, 11) is 1.52. The molecule has 1 N–H and O–H groups in total. The molecule has 0 aromatic heterocycles. The summed E-state index contributed by atoms with van der Waals surface area (Å²) < 4.78 is 5.18.